The zero-order valence-corrected chi connectivity index (χ0v) is 19.0. The summed E-state index contributed by atoms with van der Waals surface area (Å²) in [6, 6.07) is 10.1. The van der Waals surface area contributed by atoms with Gasteiger partial charge in [0.2, 0.25) is 0 Å². The Hall–Kier alpha value is -0.825. The molecule has 4 aliphatic rings. The molecule has 0 bridgehead atoms. The highest BCUT2D eigenvalue weighted by atomic mass is 32.3. The van der Waals surface area contributed by atoms with Gasteiger partial charge < -0.3 is 4.90 Å². The molecule has 1 aromatic rings. The highest BCUT2D eigenvalue weighted by Gasteiger charge is 2.80. The van der Waals surface area contributed by atoms with Crippen LogP contribution >= 0.6 is 10.0 Å². The van der Waals surface area contributed by atoms with Crippen molar-refractivity contribution in [3.05, 3.63) is 42.1 Å². The largest absolute Gasteiger partial charge is 0.365 e. The van der Waals surface area contributed by atoms with E-state index in [-0.39, 0.29) is 0 Å². The van der Waals surface area contributed by atoms with Crippen molar-refractivity contribution in [1.82, 2.24) is 4.90 Å². The molecule has 7 unspecified atom stereocenters. The normalized spacial score (nSPS) is 51.6. The third-order valence-corrected chi connectivity index (χ3v) is 14.0. The summed E-state index contributed by atoms with van der Waals surface area (Å²) in [5.41, 5.74) is 3.96. The summed E-state index contributed by atoms with van der Waals surface area (Å²) in [6.45, 7) is 14.4. The topological polar surface area (TPSA) is 3.24 Å². The molecule has 4 fully saturated rings. The maximum absolute atomic E-state index is 4.81. The SMILES string of the molecule is BC1CC2(CC)CC3(CC)C2C1N3C(=C)C1(C)CS1(C)c1ccc(C)cc1. The van der Waals surface area contributed by atoms with E-state index in [2.05, 4.69) is 71.0 Å². The molecule has 5 rings (SSSR count). The van der Waals surface area contributed by atoms with Crippen LogP contribution in [0.3, 0.4) is 0 Å². The predicted molar refractivity (Wildman–Crippen MR) is 122 cm³/mol. The Kier molecular flexibility index (Phi) is 3.51. The molecule has 0 aromatic heterocycles. The van der Waals surface area contributed by atoms with Crippen LogP contribution in [0, 0.1) is 18.3 Å². The van der Waals surface area contributed by atoms with E-state index >= 15 is 0 Å². The van der Waals surface area contributed by atoms with Crippen molar-refractivity contribution in [3.8, 4) is 0 Å². The Morgan fingerprint density at radius 1 is 1.26 bits per heavy atom. The molecule has 2 heterocycles. The first kappa shape index (κ1) is 18.2. The summed E-state index contributed by atoms with van der Waals surface area (Å²) in [6.07, 6.45) is 8.10. The first-order valence-electron chi connectivity index (χ1n) is 11.0. The molecule has 0 radical (unpaired) electrons. The van der Waals surface area contributed by atoms with Gasteiger partial charge in [-0.3, -0.25) is 0 Å². The van der Waals surface area contributed by atoms with Crippen molar-refractivity contribution in [2.75, 3.05) is 12.0 Å². The molecule has 7 atom stereocenters. The number of likely N-dealkylation sites (tertiary alicyclic amines) is 1. The predicted octanol–water partition coefficient (Wildman–Crippen LogP) is 5.15. The number of rotatable bonds is 5. The summed E-state index contributed by atoms with van der Waals surface area (Å²) in [4.78, 5) is 4.46. The first-order valence-corrected chi connectivity index (χ1v) is 13.2. The Labute approximate surface area is 168 Å². The van der Waals surface area contributed by atoms with Gasteiger partial charge in [0, 0.05) is 33.7 Å². The molecule has 146 valence electrons. The van der Waals surface area contributed by atoms with E-state index in [1.165, 1.54) is 42.7 Å². The van der Waals surface area contributed by atoms with Crippen LogP contribution in [0.2, 0.25) is 5.82 Å². The van der Waals surface area contributed by atoms with Crippen LogP contribution in [0.5, 0.6) is 0 Å². The third-order valence-electron chi connectivity index (χ3n) is 9.56. The van der Waals surface area contributed by atoms with Gasteiger partial charge in [0.25, 0.3) is 0 Å². The molecule has 1 nitrogen and oxygen atoms in total. The minimum Gasteiger partial charge on any atom is -0.365 e. The van der Waals surface area contributed by atoms with Gasteiger partial charge in [-0.2, -0.15) is 0 Å². The second-order valence-corrected chi connectivity index (χ2v) is 14.4. The maximum Gasteiger partial charge on any atom is 0.108 e. The van der Waals surface area contributed by atoms with Gasteiger partial charge in [0.05, 0.1) is 0 Å². The molecule has 27 heavy (non-hydrogen) atoms. The summed E-state index contributed by atoms with van der Waals surface area (Å²) in [5, 5.41) is 0. The van der Waals surface area contributed by atoms with E-state index < -0.39 is 10.0 Å². The van der Waals surface area contributed by atoms with E-state index in [1.807, 2.05) is 0 Å². The van der Waals surface area contributed by atoms with Crippen LogP contribution in [0.15, 0.2) is 41.4 Å². The standard InChI is InChI=1S/C24H36BNS/c1-7-23-13-19(25)20-21(23)24(8-2,14-23)26(20)17(4)22(5)15-27(22,6)18-11-9-16(3)10-12-18/h9-12,19-21H,4,7-8,13-15,25H2,1-3,5-6H3. The molecule has 2 saturated carbocycles. The van der Waals surface area contributed by atoms with Gasteiger partial charge in [0.15, 0.2) is 0 Å². The smallest absolute Gasteiger partial charge is 0.108 e. The third kappa shape index (κ3) is 1.86. The molecule has 1 aromatic carbocycles. The number of piperidine rings is 1. The minimum absolute atomic E-state index is 0.294. The van der Waals surface area contributed by atoms with E-state index in [0.29, 0.717) is 15.7 Å². The average Bonchev–Trinajstić information content (AvgIpc) is 3.18. The molecule has 2 aliphatic heterocycles. The molecule has 2 saturated heterocycles. The fraction of sp³-hybridized carbons (Fsp3) is 0.667. The molecule has 2 aliphatic carbocycles. The lowest BCUT2D eigenvalue weighted by Gasteiger charge is -2.77. The van der Waals surface area contributed by atoms with Gasteiger partial charge in [-0.1, -0.05) is 38.1 Å². The van der Waals surface area contributed by atoms with Crippen molar-refractivity contribution in [1.29, 1.82) is 0 Å². The zero-order valence-electron chi connectivity index (χ0n) is 18.1. The fourth-order valence-electron chi connectivity index (χ4n) is 7.85. The number of nitrogens with zero attached hydrogens (tertiary/aromatic N) is 1. The highest BCUT2D eigenvalue weighted by molar-refractivity contribution is 8.40. The summed E-state index contributed by atoms with van der Waals surface area (Å²) >= 11 is 0. The molecule has 0 N–H and O–H groups in total. The lowest BCUT2D eigenvalue weighted by Crippen LogP contribution is -2.81. The van der Waals surface area contributed by atoms with E-state index in [4.69, 9.17) is 6.58 Å². The van der Waals surface area contributed by atoms with Gasteiger partial charge in [-0.05, 0) is 74.0 Å². The number of hydrogen-bond acceptors (Lipinski definition) is 1. The quantitative estimate of drug-likeness (QED) is 0.504. The van der Waals surface area contributed by atoms with Gasteiger partial charge >= 0.3 is 0 Å². The van der Waals surface area contributed by atoms with Crippen LogP contribution < -0.4 is 0 Å². The monoisotopic (exact) mass is 381 g/mol. The van der Waals surface area contributed by atoms with Crippen molar-refractivity contribution in [2.24, 2.45) is 11.3 Å². The van der Waals surface area contributed by atoms with Crippen molar-refractivity contribution in [3.63, 3.8) is 0 Å². The summed E-state index contributed by atoms with van der Waals surface area (Å²) in [5.74, 6) is 3.09. The second kappa shape index (κ2) is 5.20. The van der Waals surface area contributed by atoms with Gasteiger partial charge in [0.1, 0.15) is 7.85 Å². The van der Waals surface area contributed by atoms with Crippen LogP contribution in [0.1, 0.15) is 52.0 Å². The van der Waals surface area contributed by atoms with Crippen LogP contribution in [-0.2, 0) is 0 Å². The van der Waals surface area contributed by atoms with Crippen LogP contribution in [0.4, 0.5) is 0 Å². The lowest BCUT2D eigenvalue weighted by molar-refractivity contribution is -0.241. The molecular formula is C24H36BNS. The Bertz CT molecular complexity index is 820. The average molecular weight is 381 g/mol. The zero-order chi connectivity index (χ0) is 19.4. The van der Waals surface area contributed by atoms with Gasteiger partial charge in [-0.15, -0.1) is 0 Å². The van der Waals surface area contributed by atoms with Crippen molar-refractivity contribution < 1.29 is 0 Å². The van der Waals surface area contributed by atoms with E-state index in [9.17, 15) is 0 Å². The number of benzene rings is 1. The first-order chi connectivity index (χ1) is 12.7. The van der Waals surface area contributed by atoms with E-state index in [0.717, 1.165) is 17.8 Å². The van der Waals surface area contributed by atoms with Gasteiger partial charge in [-0.25, -0.2) is 10.0 Å². The summed E-state index contributed by atoms with van der Waals surface area (Å²) in [7, 11) is 1.74. The van der Waals surface area contributed by atoms with Crippen LogP contribution in [-0.4, -0.2) is 41.1 Å². The molecule has 3 heteroatoms. The Morgan fingerprint density at radius 3 is 2.52 bits per heavy atom. The van der Waals surface area contributed by atoms with Crippen molar-refractivity contribution >= 4 is 17.9 Å². The summed E-state index contributed by atoms with van der Waals surface area (Å²) < 4.78 is 0.294. The number of hydrogen-bond donors (Lipinski definition) is 0. The Balaban J connectivity index is 1.46. The maximum atomic E-state index is 4.81. The fourth-order valence-corrected chi connectivity index (χ4v) is 11.6. The Morgan fingerprint density at radius 2 is 1.93 bits per heavy atom. The van der Waals surface area contributed by atoms with E-state index in [1.54, 1.807) is 4.90 Å². The molecular weight excluding hydrogens is 345 g/mol. The molecule has 0 spiro atoms. The molecule has 0 amide bonds. The lowest BCUT2D eigenvalue weighted by atomic mass is 9.42. The minimum atomic E-state index is -0.780. The highest BCUT2D eigenvalue weighted by Crippen LogP contribution is 2.84. The van der Waals surface area contributed by atoms with Crippen molar-refractivity contribution in [2.45, 2.75) is 80.4 Å². The van der Waals surface area contributed by atoms with Crippen LogP contribution in [0.25, 0.3) is 0 Å². The second-order valence-electron chi connectivity index (χ2n) is 10.6. The number of aryl methyl sites for hydroxylation is 1.